The minimum atomic E-state index is -1.31. The van der Waals surface area contributed by atoms with Gasteiger partial charge in [0.2, 0.25) is 12.3 Å². The van der Waals surface area contributed by atoms with Gasteiger partial charge >= 0.3 is 5.97 Å². The molecule has 45 heavy (non-hydrogen) atoms. The smallest absolute Gasteiger partial charge is 0.356 e. The van der Waals surface area contributed by atoms with Gasteiger partial charge in [0.15, 0.2) is 28.9 Å². The van der Waals surface area contributed by atoms with Gasteiger partial charge in [-0.05, 0) is 25.7 Å². The van der Waals surface area contributed by atoms with Crippen LogP contribution in [0.5, 0.6) is 0 Å². The fraction of sp³-hybridized carbons (Fsp3) is 0.483. The maximum Gasteiger partial charge on any atom is 0.356 e. The number of rotatable bonds is 11. The van der Waals surface area contributed by atoms with Gasteiger partial charge in [0.25, 0.3) is 11.8 Å². The minimum absolute atomic E-state index is 0. The van der Waals surface area contributed by atoms with Gasteiger partial charge < -0.3 is 42.7 Å². The fourth-order valence-electron chi connectivity index (χ4n) is 5.00. The number of oxime groups is 1. The summed E-state index contributed by atoms with van der Waals surface area (Å²) in [5, 5.41) is 18.6. The SMILES string of the molecule is CC(C)(C)C(=O)C[n+]1ccc(SCC2=C(C(=O)O)N3C(=O)[C@@H](NC(=O)/C(=N\OC4CCCC4)c4csc(N)n4)[C@H]3CO2)cc1.[Br-]. The first kappa shape index (κ1) is 34.4. The van der Waals surface area contributed by atoms with Gasteiger partial charge in [0, 0.05) is 27.8 Å². The van der Waals surface area contributed by atoms with Crippen molar-refractivity contribution in [1.82, 2.24) is 15.2 Å². The van der Waals surface area contributed by atoms with Gasteiger partial charge in [-0.1, -0.05) is 25.9 Å². The Morgan fingerprint density at radius 1 is 1.27 bits per heavy atom. The Morgan fingerprint density at radius 2 is 1.96 bits per heavy atom. The van der Waals surface area contributed by atoms with E-state index in [1.165, 1.54) is 11.8 Å². The third-order valence-corrected chi connectivity index (χ3v) is 9.30. The third kappa shape index (κ3) is 7.84. The second kappa shape index (κ2) is 14.3. The number of carboxylic acid groups (broad SMARTS) is 1. The number of β-lactam (4-membered cyclic amide) rings is 1. The Balaban J connectivity index is 0.00000461. The van der Waals surface area contributed by atoms with E-state index in [1.807, 2.05) is 32.9 Å². The summed E-state index contributed by atoms with van der Waals surface area (Å²) < 4.78 is 7.63. The molecule has 1 saturated carbocycles. The summed E-state index contributed by atoms with van der Waals surface area (Å²) in [7, 11) is 0. The summed E-state index contributed by atoms with van der Waals surface area (Å²) in [4.78, 5) is 62.8. The molecule has 2 fully saturated rings. The number of thiazole rings is 1. The number of nitrogens with one attached hydrogen (secondary N) is 1. The van der Waals surface area contributed by atoms with Crippen LogP contribution < -0.4 is 32.6 Å². The van der Waals surface area contributed by atoms with E-state index in [4.69, 9.17) is 15.3 Å². The van der Waals surface area contributed by atoms with Crippen LogP contribution in [-0.2, 0) is 35.3 Å². The topological polar surface area (TPSA) is 177 Å². The second-order valence-electron chi connectivity index (χ2n) is 11.8. The van der Waals surface area contributed by atoms with Gasteiger partial charge in [-0.25, -0.2) is 9.78 Å². The number of thioether (sulfide) groups is 1. The molecular formula is C29H35BrN6O7S2. The number of amides is 2. The molecule has 2 amide bonds. The van der Waals surface area contributed by atoms with Crippen LogP contribution in [0.2, 0.25) is 0 Å². The molecule has 2 aromatic rings. The van der Waals surface area contributed by atoms with E-state index in [2.05, 4.69) is 15.5 Å². The van der Waals surface area contributed by atoms with Crippen molar-refractivity contribution in [2.45, 2.75) is 76.1 Å². The van der Waals surface area contributed by atoms with Crippen molar-refractivity contribution in [1.29, 1.82) is 0 Å². The highest BCUT2D eigenvalue weighted by Crippen LogP contribution is 2.35. The number of nitrogens with zero attached hydrogens (tertiary/aromatic N) is 4. The van der Waals surface area contributed by atoms with Crippen LogP contribution in [0.25, 0.3) is 0 Å². The zero-order chi connectivity index (χ0) is 31.6. The van der Waals surface area contributed by atoms with Crippen molar-refractivity contribution in [2.75, 3.05) is 18.1 Å². The Hall–Kier alpha value is -3.50. The molecule has 3 aliphatic rings. The number of aromatic nitrogens is 2. The predicted octanol–water partition coefficient (Wildman–Crippen LogP) is -0.890. The molecule has 4 N–H and O–H groups in total. The lowest BCUT2D eigenvalue weighted by molar-refractivity contribution is -0.685. The molecule has 0 aromatic carbocycles. The molecule has 1 aliphatic carbocycles. The number of Topliss-reactive ketones (excluding diaryl/α,β-unsaturated/α-hetero) is 1. The molecule has 242 valence electrons. The standard InChI is InChI=1S/C29H34N6O7S2.BrH/c1-29(2,3)21(36)12-34-10-8-17(9-11-34)43-15-20-24(27(39)40)35-19(13-41-20)23(26(35)38)32-25(37)22(18-14-44-28(30)31-18)33-42-16-6-4-5-7-16;/h8-11,14,16,19,23H,4-7,12-13,15H2,1-3H3,(H3-,30,31,32,37,39,40);1H/b33-22-;/t19-,23+;/m1./s1. The van der Waals surface area contributed by atoms with Gasteiger partial charge in [-0.3, -0.25) is 19.3 Å². The van der Waals surface area contributed by atoms with E-state index in [9.17, 15) is 24.3 Å². The number of carbonyl (C=O) groups excluding carboxylic acids is 3. The first-order valence-corrected chi connectivity index (χ1v) is 16.1. The number of hydrogen-bond acceptors (Lipinski definition) is 11. The molecule has 0 bridgehead atoms. The highest BCUT2D eigenvalue weighted by atomic mass is 79.9. The lowest BCUT2D eigenvalue weighted by atomic mass is 9.91. The molecule has 1 saturated heterocycles. The number of carboxylic acids is 1. The molecule has 16 heteroatoms. The molecule has 4 heterocycles. The maximum absolute atomic E-state index is 13.3. The zero-order valence-electron chi connectivity index (χ0n) is 25.0. The summed E-state index contributed by atoms with van der Waals surface area (Å²) >= 11 is 2.49. The second-order valence-corrected chi connectivity index (χ2v) is 13.7. The van der Waals surface area contributed by atoms with Crippen molar-refractivity contribution in [3.8, 4) is 0 Å². The maximum atomic E-state index is 13.3. The summed E-state index contributed by atoms with van der Waals surface area (Å²) in [6.07, 6.45) is 7.18. The van der Waals surface area contributed by atoms with Crippen LogP contribution in [0, 0.1) is 5.41 Å². The zero-order valence-corrected chi connectivity index (χ0v) is 28.2. The van der Waals surface area contributed by atoms with Gasteiger partial charge in [-0.15, -0.1) is 23.1 Å². The summed E-state index contributed by atoms with van der Waals surface area (Å²) in [6.45, 7) is 5.88. The third-order valence-electron chi connectivity index (χ3n) is 7.61. The van der Waals surface area contributed by atoms with E-state index in [0.29, 0.717) is 0 Å². The highest BCUT2D eigenvalue weighted by Gasteiger charge is 2.55. The predicted molar refractivity (Wildman–Crippen MR) is 161 cm³/mol. The van der Waals surface area contributed by atoms with Gasteiger partial charge in [0.05, 0.1) is 5.75 Å². The number of hydrogen-bond donors (Lipinski definition) is 3. The quantitative estimate of drug-likeness (QED) is 0.0867. The molecule has 2 aliphatic heterocycles. The van der Waals surface area contributed by atoms with Crippen LogP contribution in [-0.4, -0.2) is 74.8 Å². The average molecular weight is 724 g/mol. The Morgan fingerprint density at radius 3 is 2.56 bits per heavy atom. The minimum Gasteiger partial charge on any atom is -1.00 e. The van der Waals surface area contributed by atoms with E-state index >= 15 is 0 Å². The first-order valence-electron chi connectivity index (χ1n) is 14.3. The van der Waals surface area contributed by atoms with Crippen molar-refractivity contribution in [2.24, 2.45) is 10.6 Å². The van der Waals surface area contributed by atoms with Crippen molar-refractivity contribution < 1.29 is 55.4 Å². The van der Waals surface area contributed by atoms with Crippen molar-refractivity contribution >= 4 is 57.5 Å². The number of anilines is 1. The average Bonchev–Trinajstić information content (AvgIpc) is 3.66. The van der Waals surface area contributed by atoms with Crippen LogP contribution in [0.4, 0.5) is 5.13 Å². The Bertz CT molecular complexity index is 1520. The number of halogens is 1. The molecule has 5 rings (SSSR count). The number of fused-ring (bicyclic) bond motifs is 1. The van der Waals surface area contributed by atoms with Gasteiger partial charge in [-0.2, -0.15) is 4.57 Å². The molecule has 2 atom stereocenters. The largest absolute Gasteiger partial charge is 1.00 e. The molecule has 0 radical (unpaired) electrons. The first-order chi connectivity index (χ1) is 20.9. The monoisotopic (exact) mass is 722 g/mol. The lowest BCUT2D eigenvalue weighted by Gasteiger charge is -2.49. The lowest BCUT2D eigenvalue weighted by Crippen LogP contribution is -3.00. The molecule has 0 unspecified atom stereocenters. The Labute approximate surface area is 279 Å². The number of pyridine rings is 1. The van der Waals surface area contributed by atoms with E-state index < -0.39 is 35.3 Å². The van der Waals surface area contributed by atoms with Crippen LogP contribution in [0.15, 0.2) is 51.4 Å². The number of carbonyl (C=O) groups is 4. The van der Waals surface area contributed by atoms with Crippen molar-refractivity contribution in [3.63, 3.8) is 0 Å². The fourth-order valence-corrected chi connectivity index (χ4v) is 6.38. The van der Waals surface area contributed by atoms with E-state index in [1.54, 1.807) is 22.3 Å². The van der Waals surface area contributed by atoms with Crippen LogP contribution >= 0.6 is 23.1 Å². The van der Waals surface area contributed by atoms with E-state index in [0.717, 1.165) is 46.8 Å². The molecule has 13 nitrogen and oxygen atoms in total. The summed E-state index contributed by atoms with van der Waals surface area (Å²) in [5.41, 5.74) is 5.19. The Kier molecular flexibility index (Phi) is 10.9. The number of nitrogens with two attached hydrogens (primary N) is 1. The summed E-state index contributed by atoms with van der Waals surface area (Å²) in [5.74, 6) is -2.13. The summed E-state index contributed by atoms with van der Waals surface area (Å²) in [6, 6.07) is 1.94. The van der Waals surface area contributed by atoms with Crippen molar-refractivity contribution in [3.05, 3.63) is 47.1 Å². The number of ether oxygens (including phenoxy) is 1. The number of ketones is 1. The highest BCUT2D eigenvalue weighted by molar-refractivity contribution is 7.99. The normalized spacial score (nSPS) is 20.1. The molecular weight excluding hydrogens is 688 g/mol. The number of aliphatic carboxylic acids is 1. The number of nitrogen functional groups attached to an aromatic ring is 1. The van der Waals surface area contributed by atoms with Crippen LogP contribution in [0.3, 0.4) is 0 Å². The van der Waals surface area contributed by atoms with E-state index in [-0.39, 0.29) is 75.8 Å². The molecule has 2 aromatic heterocycles. The van der Waals surface area contributed by atoms with Crippen LogP contribution in [0.1, 0.15) is 52.1 Å². The van der Waals surface area contributed by atoms with Gasteiger partial charge in [0.1, 0.15) is 36.2 Å². The molecule has 0 spiro atoms.